The van der Waals surface area contributed by atoms with E-state index in [9.17, 15) is 9.59 Å². The van der Waals surface area contributed by atoms with Gasteiger partial charge in [-0.15, -0.1) is 0 Å². The van der Waals surface area contributed by atoms with Gasteiger partial charge in [-0.1, -0.05) is 0 Å². The zero-order chi connectivity index (χ0) is 10.6. The number of carboxylic acid groups (broad SMARTS) is 1. The van der Waals surface area contributed by atoms with Crippen LogP contribution in [0.15, 0.2) is 23.0 Å². The second kappa shape index (κ2) is 4.45. The van der Waals surface area contributed by atoms with Gasteiger partial charge in [-0.25, -0.2) is 0 Å². The maximum Gasteiger partial charge on any atom is 0.323 e. The largest absolute Gasteiger partial charge is 0.480 e. The quantitative estimate of drug-likeness (QED) is 0.775. The van der Waals surface area contributed by atoms with Gasteiger partial charge in [0.1, 0.15) is 12.8 Å². The highest BCUT2D eigenvalue weighted by molar-refractivity contribution is 5.95. The van der Waals surface area contributed by atoms with Crippen LogP contribution in [0.4, 0.5) is 0 Å². The number of carbonyl (C=O) groups is 2. The normalized spacial score (nSPS) is 9.79. The maximum atomic E-state index is 11.6. The van der Waals surface area contributed by atoms with Crippen molar-refractivity contribution in [3.63, 3.8) is 0 Å². The van der Waals surface area contributed by atoms with Crippen molar-refractivity contribution in [1.29, 1.82) is 0 Å². The van der Waals surface area contributed by atoms with Gasteiger partial charge >= 0.3 is 5.97 Å². The summed E-state index contributed by atoms with van der Waals surface area (Å²) in [6.45, 7) is 1.79. The molecule has 1 heterocycles. The summed E-state index contributed by atoms with van der Waals surface area (Å²) in [4.78, 5) is 23.2. The van der Waals surface area contributed by atoms with Gasteiger partial charge < -0.3 is 14.4 Å². The third-order valence-corrected chi connectivity index (χ3v) is 1.76. The second-order valence-electron chi connectivity index (χ2n) is 2.73. The lowest BCUT2D eigenvalue weighted by molar-refractivity contribution is -0.137. The minimum Gasteiger partial charge on any atom is -0.480 e. The molecule has 1 aromatic rings. The Bertz CT molecular complexity index is 318. The predicted molar refractivity (Wildman–Crippen MR) is 47.9 cm³/mol. The molecule has 1 N–H and O–H groups in total. The Balaban J connectivity index is 2.70. The molecule has 0 aliphatic carbocycles. The molecule has 0 aliphatic heterocycles. The van der Waals surface area contributed by atoms with E-state index in [-0.39, 0.29) is 12.5 Å². The van der Waals surface area contributed by atoms with Crippen molar-refractivity contribution in [3.8, 4) is 0 Å². The van der Waals surface area contributed by atoms with Gasteiger partial charge in [0, 0.05) is 6.54 Å². The molecular formula is C9H11NO4. The van der Waals surface area contributed by atoms with Crippen LogP contribution in [0.5, 0.6) is 0 Å². The minimum atomic E-state index is -1.02. The smallest absolute Gasteiger partial charge is 0.323 e. The number of hydrogen-bond acceptors (Lipinski definition) is 3. The Morgan fingerprint density at radius 3 is 2.71 bits per heavy atom. The number of likely N-dealkylation sites (N-methyl/N-ethyl adjacent to an activating group) is 1. The van der Waals surface area contributed by atoms with Gasteiger partial charge in [0.15, 0.2) is 0 Å². The van der Waals surface area contributed by atoms with Gasteiger partial charge in [0.05, 0.1) is 11.8 Å². The van der Waals surface area contributed by atoms with E-state index in [4.69, 9.17) is 9.52 Å². The van der Waals surface area contributed by atoms with Crippen LogP contribution >= 0.6 is 0 Å². The molecule has 0 spiro atoms. The van der Waals surface area contributed by atoms with E-state index in [1.54, 1.807) is 6.92 Å². The summed E-state index contributed by atoms with van der Waals surface area (Å²) in [5, 5.41) is 8.54. The van der Waals surface area contributed by atoms with Crippen molar-refractivity contribution in [2.24, 2.45) is 0 Å². The first-order valence-corrected chi connectivity index (χ1v) is 4.18. The number of amides is 1. The molecule has 14 heavy (non-hydrogen) atoms. The monoisotopic (exact) mass is 197 g/mol. The first-order valence-electron chi connectivity index (χ1n) is 4.18. The summed E-state index contributed by atoms with van der Waals surface area (Å²) < 4.78 is 4.74. The van der Waals surface area contributed by atoms with Crippen LogP contribution < -0.4 is 0 Å². The molecule has 1 aromatic heterocycles. The third-order valence-electron chi connectivity index (χ3n) is 1.76. The zero-order valence-electron chi connectivity index (χ0n) is 7.77. The standard InChI is InChI=1S/C9H11NO4/c1-2-10(5-8(11)12)9(13)7-3-4-14-6-7/h3-4,6H,2,5H2,1H3,(H,11,12). The number of rotatable bonds is 4. The van der Waals surface area contributed by atoms with Crippen LogP contribution in [-0.4, -0.2) is 35.0 Å². The summed E-state index contributed by atoms with van der Waals surface area (Å²) in [7, 11) is 0. The van der Waals surface area contributed by atoms with Crippen LogP contribution in [0, 0.1) is 0 Å². The molecule has 0 bridgehead atoms. The number of furan rings is 1. The van der Waals surface area contributed by atoms with Gasteiger partial charge in [0.2, 0.25) is 0 Å². The van der Waals surface area contributed by atoms with E-state index in [1.807, 2.05) is 0 Å². The van der Waals surface area contributed by atoms with Crippen molar-refractivity contribution in [2.45, 2.75) is 6.92 Å². The van der Waals surface area contributed by atoms with E-state index in [1.165, 1.54) is 23.5 Å². The highest BCUT2D eigenvalue weighted by atomic mass is 16.4. The molecule has 0 fully saturated rings. The van der Waals surface area contributed by atoms with Crippen LogP contribution in [0.3, 0.4) is 0 Å². The molecule has 0 saturated carbocycles. The van der Waals surface area contributed by atoms with Crippen LogP contribution in [-0.2, 0) is 4.79 Å². The zero-order valence-corrected chi connectivity index (χ0v) is 7.77. The lowest BCUT2D eigenvalue weighted by Crippen LogP contribution is -2.35. The number of nitrogens with zero attached hydrogens (tertiary/aromatic N) is 1. The Hall–Kier alpha value is -1.78. The maximum absolute atomic E-state index is 11.6. The third kappa shape index (κ3) is 2.35. The average Bonchev–Trinajstić information content (AvgIpc) is 2.65. The Kier molecular flexibility index (Phi) is 3.28. The van der Waals surface area contributed by atoms with Crippen molar-refractivity contribution in [2.75, 3.05) is 13.1 Å². The fraction of sp³-hybridized carbons (Fsp3) is 0.333. The molecule has 0 radical (unpaired) electrons. The summed E-state index contributed by atoms with van der Waals surface area (Å²) >= 11 is 0. The van der Waals surface area contributed by atoms with E-state index in [0.717, 1.165) is 0 Å². The second-order valence-corrected chi connectivity index (χ2v) is 2.73. The topological polar surface area (TPSA) is 70.8 Å². The molecule has 76 valence electrons. The molecule has 1 rings (SSSR count). The molecular weight excluding hydrogens is 186 g/mol. The van der Waals surface area contributed by atoms with Gasteiger partial charge in [-0.05, 0) is 13.0 Å². The molecule has 0 aliphatic rings. The Morgan fingerprint density at radius 2 is 2.29 bits per heavy atom. The first kappa shape index (κ1) is 10.3. The molecule has 5 nitrogen and oxygen atoms in total. The fourth-order valence-corrected chi connectivity index (χ4v) is 1.06. The van der Waals surface area contributed by atoms with Crippen molar-refractivity contribution < 1.29 is 19.1 Å². The van der Waals surface area contributed by atoms with Crippen molar-refractivity contribution in [1.82, 2.24) is 4.90 Å². The van der Waals surface area contributed by atoms with Gasteiger partial charge in [0.25, 0.3) is 5.91 Å². The highest BCUT2D eigenvalue weighted by Gasteiger charge is 2.17. The molecule has 0 aromatic carbocycles. The van der Waals surface area contributed by atoms with Crippen LogP contribution in [0.1, 0.15) is 17.3 Å². The van der Waals surface area contributed by atoms with Crippen molar-refractivity contribution >= 4 is 11.9 Å². The summed E-state index contributed by atoms with van der Waals surface area (Å²) in [6.07, 6.45) is 2.68. The van der Waals surface area contributed by atoms with Gasteiger partial charge in [-0.2, -0.15) is 0 Å². The molecule has 0 unspecified atom stereocenters. The van der Waals surface area contributed by atoms with E-state index < -0.39 is 5.97 Å². The lowest BCUT2D eigenvalue weighted by atomic mass is 10.3. The Morgan fingerprint density at radius 1 is 1.57 bits per heavy atom. The van der Waals surface area contributed by atoms with Crippen LogP contribution in [0.2, 0.25) is 0 Å². The molecule has 0 saturated heterocycles. The SMILES string of the molecule is CCN(CC(=O)O)C(=O)c1ccoc1. The van der Waals surface area contributed by atoms with Gasteiger partial charge in [-0.3, -0.25) is 9.59 Å². The number of carbonyl (C=O) groups excluding carboxylic acids is 1. The van der Waals surface area contributed by atoms with E-state index in [2.05, 4.69) is 0 Å². The first-order chi connectivity index (χ1) is 6.65. The number of hydrogen-bond donors (Lipinski definition) is 1. The number of carboxylic acids is 1. The fourth-order valence-electron chi connectivity index (χ4n) is 1.06. The summed E-state index contributed by atoms with van der Waals surface area (Å²) in [6, 6.07) is 1.51. The molecule has 1 amide bonds. The van der Waals surface area contributed by atoms with Crippen molar-refractivity contribution in [3.05, 3.63) is 24.2 Å². The summed E-state index contributed by atoms with van der Waals surface area (Å²) in [5.74, 6) is -1.35. The molecule has 5 heteroatoms. The molecule has 0 atom stereocenters. The average molecular weight is 197 g/mol. The Labute approximate surface area is 80.9 Å². The highest BCUT2D eigenvalue weighted by Crippen LogP contribution is 2.04. The van der Waals surface area contributed by atoms with E-state index in [0.29, 0.717) is 12.1 Å². The predicted octanol–water partition coefficient (Wildman–Crippen LogP) is 0.826. The minimum absolute atomic E-state index is 0.291. The summed E-state index contributed by atoms with van der Waals surface area (Å²) in [5.41, 5.74) is 0.369. The van der Waals surface area contributed by atoms with E-state index >= 15 is 0 Å². The van der Waals surface area contributed by atoms with Crippen LogP contribution in [0.25, 0.3) is 0 Å². The number of aliphatic carboxylic acids is 1. The lowest BCUT2D eigenvalue weighted by Gasteiger charge is -2.17.